The second-order valence-electron chi connectivity index (χ2n) is 4.34. The maximum atomic E-state index is 9.34. The summed E-state index contributed by atoms with van der Waals surface area (Å²) in [6, 6.07) is 17.7. The van der Waals surface area contributed by atoms with E-state index < -0.39 is 0 Å². The van der Waals surface area contributed by atoms with Crippen LogP contribution in [0.4, 0.5) is 0 Å². The quantitative estimate of drug-likeness (QED) is 0.756. The molecule has 2 aromatic carbocycles. The van der Waals surface area contributed by atoms with Crippen molar-refractivity contribution >= 4 is 23.2 Å². The summed E-state index contributed by atoms with van der Waals surface area (Å²) in [5.74, 6) is -0.276. The van der Waals surface area contributed by atoms with Crippen LogP contribution in [0.3, 0.4) is 0 Å². The molecule has 0 heterocycles. The molecule has 2 aromatic rings. The maximum absolute atomic E-state index is 9.34. The van der Waals surface area contributed by atoms with E-state index in [4.69, 9.17) is 23.2 Å². The third-order valence-electron chi connectivity index (χ3n) is 3.07. The van der Waals surface area contributed by atoms with Crippen LogP contribution in [0.15, 0.2) is 48.5 Å². The summed E-state index contributed by atoms with van der Waals surface area (Å²) < 4.78 is 0. The van der Waals surface area contributed by atoms with Crippen molar-refractivity contribution in [1.29, 1.82) is 5.26 Å². The summed E-state index contributed by atoms with van der Waals surface area (Å²) in [6.45, 7) is 0. The van der Waals surface area contributed by atoms with E-state index in [9.17, 15) is 5.26 Å². The zero-order valence-electron chi connectivity index (χ0n) is 10.3. The Hall–Kier alpha value is -1.49. The third-order valence-corrected chi connectivity index (χ3v) is 3.73. The number of halogens is 2. The van der Waals surface area contributed by atoms with Gasteiger partial charge in [-0.25, -0.2) is 0 Å². The fourth-order valence-corrected chi connectivity index (χ4v) is 2.73. The molecule has 0 amide bonds. The fourth-order valence-electron chi connectivity index (χ4n) is 2.07. The van der Waals surface area contributed by atoms with Gasteiger partial charge in [0.1, 0.15) is 0 Å². The summed E-state index contributed by atoms with van der Waals surface area (Å²) >= 11 is 12.3. The molecular weight excluding hydrogens is 277 g/mol. The van der Waals surface area contributed by atoms with Crippen molar-refractivity contribution in [3.05, 3.63) is 69.7 Å². The molecule has 0 radical (unpaired) electrons. The largest absolute Gasteiger partial charge is 0.198 e. The molecule has 0 aliphatic heterocycles. The average Bonchev–Trinajstić information content (AvgIpc) is 2.43. The normalized spacial score (nSPS) is 11.8. The van der Waals surface area contributed by atoms with Crippen molar-refractivity contribution in [2.45, 2.75) is 18.8 Å². The molecular formula is C16H13Cl2N. The van der Waals surface area contributed by atoms with Crippen LogP contribution in [0.2, 0.25) is 10.0 Å². The summed E-state index contributed by atoms with van der Waals surface area (Å²) in [6.07, 6.45) is 1.55. The number of hydrogen-bond donors (Lipinski definition) is 0. The maximum Gasteiger partial charge on any atom is 0.0745 e. The van der Waals surface area contributed by atoms with Crippen LogP contribution in [0.1, 0.15) is 23.5 Å². The fraction of sp³-hybridized carbons (Fsp3) is 0.188. The van der Waals surface area contributed by atoms with Gasteiger partial charge in [0.2, 0.25) is 0 Å². The van der Waals surface area contributed by atoms with Gasteiger partial charge in [0.25, 0.3) is 0 Å². The minimum Gasteiger partial charge on any atom is -0.198 e. The molecule has 0 saturated carbocycles. The lowest BCUT2D eigenvalue weighted by molar-refractivity contribution is 0.747. The van der Waals surface area contributed by atoms with Crippen molar-refractivity contribution in [3.8, 4) is 6.07 Å². The number of nitrogens with zero attached hydrogens (tertiary/aromatic N) is 1. The predicted octanol–water partition coefficient (Wildman–Crippen LogP) is 5.23. The highest BCUT2D eigenvalue weighted by molar-refractivity contribution is 6.36. The molecule has 1 unspecified atom stereocenters. The first-order chi connectivity index (χ1) is 9.22. The van der Waals surface area contributed by atoms with Gasteiger partial charge in [-0.1, -0.05) is 59.6 Å². The second-order valence-corrected chi connectivity index (χ2v) is 5.16. The molecule has 0 spiro atoms. The van der Waals surface area contributed by atoms with Gasteiger partial charge in [0, 0.05) is 15.6 Å². The van der Waals surface area contributed by atoms with Gasteiger partial charge in [0.15, 0.2) is 0 Å². The highest BCUT2D eigenvalue weighted by Gasteiger charge is 2.17. The smallest absolute Gasteiger partial charge is 0.0745 e. The first-order valence-corrected chi connectivity index (χ1v) is 6.85. The number of nitriles is 1. The van der Waals surface area contributed by atoms with Crippen molar-refractivity contribution < 1.29 is 0 Å². The Balaban J connectivity index is 2.16. The van der Waals surface area contributed by atoms with Crippen molar-refractivity contribution in [2.24, 2.45) is 0 Å². The molecule has 0 N–H and O–H groups in total. The number of benzene rings is 2. The standard InChI is InChI=1S/C16H13Cl2N/c17-14-7-4-8-15(18)16(14)13(11-19)10-9-12-5-2-1-3-6-12/h1-8,13H,9-10H2. The minimum absolute atomic E-state index is 0.276. The first-order valence-electron chi connectivity index (χ1n) is 6.10. The molecule has 96 valence electrons. The van der Waals surface area contributed by atoms with Crippen LogP contribution in [-0.4, -0.2) is 0 Å². The van der Waals surface area contributed by atoms with E-state index in [-0.39, 0.29) is 5.92 Å². The van der Waals surface area contributed by atoms with E-state index >= 15 is 0 Å². The van der Waals surface area contributed by atoms with Crippen LogP contribution in [0.5, 0.6) is 0 Å². The van der Waals surface area contributed by atoms with Gasteiger partial charge >= 0.3 is 0 Å². The molecule has 0 aliphatic rings. The monoisotopic (exact) mass is 289 g/mol. The van der Waals surface area contributed by atoms with Crippen molar-refractivity contribution in [1.82, 2.24) is 0 Å². The van der Waals surface area contributed by atoms with Gasteiger partial charge in [-0.05, 0) is 30.5 Å². The van der Waals surface area contributed by atoms with Crippen LogP contribution < -0.4 is 0 Å². The minimum atomic E-state index is -0.276. The summed E-state index contributed by atoms with van der Waals surface area (Å²) in [5.41, 5.74) is 1.95. The molecule has 1 atom stereocenters. The lowest BCUT2D eigenvalue weighted by Crippen LogP contribution is -2.00. The second kappa shape index (κ2) is 6.61. The lowest BCUT2D eigenvalue weighted by atomic mass is 9.93. The van der Waals surface area contributed by atoms with Crippen molar-refractivity contribution in [3.63, 3.8) is 0 Å². The third kappa shape index (κ3) is 3.50. The van der Waals surface area contributed by atoms with E-state index in [1.807, 2.05) is 18.2 Å². The van der Waals surface area contributed by atoms with Gasteiger partial charge in [-0.2, -0.15) is 5.26 Å². The van der Waals surface area contributed by atoms with Crippen LogP contribution in [0, 0.1) is 11.3 Å². The Labute approximate surface area is 123 Å². The first kappa shape index (κ1) is 13.9. The van der Waals surface area contributed by atoms with Gasteiger partial charge in [0.05, 0.1) is 12.0 Å². The molecule has 0 aliphatic carbocycles. The molecule has 19 heavy (non-hydrogen) atoms. The Morgan fingerprint density at radius 1 is 0.947 bits per heavy atom. The van der Waals surface area contributed by atoms with Gasteiger partial charge in [-0.3, -0.25) is 0 Å². The SMILES string of the molecule is N#CC(CCc1ccccc1)c1c(Cl)cccc1Cl. The van der Waals surface area contributed by atoms with Gasteiger partial charge in [-0.15, -0.1) is 0 Å². The zero-order chi connectivity index (χ0) is 13.7. The lowest BCUT2D eigenvalue weighted by Gasteiger charge is -2.13. The highest BCUT2D eigenvalue weighted by atomic mass is 35.5. The molecule has 0 bridgehead atoms. The van der Waals surface area contributed by atoms with E-state index in [2.05, 4.69) is 18.2 Å². The number of aryl methyl sites for hydroxylation is 1. The Morgan fingerprint density at radius 3 is 2.16 bits per heavy atom. The molecule has 3 heteroatoms. The van der Waals surface area contributed by atoms with E-state index in [1.54, 1.807) is 18.2 Å². The van der Waals surface area contributed by atoms with E-state index in [0.29, 0.717) is 16.5 Å². The van der Waals surface area contributed by atoms with Crippen LogP contribution >= 0.6 is 23.2 Å². The molecule has 2 rings (SSSR count). The Kier molecular flexibility index (Phi) is 4.85. The zero-order valence-corrected chi connectivity index (χ0v) is 11.8. The van der Waals surface area contributed by atoms with E-state index in [0.717, 1.165) is 12.0 Å². The Bertz CT molecular complexity index is 567. The summed E-state index contributed by atoms with van der Waals surface area (Å²) in [5, 5.41) is 10.5. The van der Waals surface area contributed by atoms with Crippen LogP contribution in [0.25, 0.3) is 0 Å². The summed E-state index contributed by atoms with van der Waals surface area (Å²) in [4.78, 5) is 0. The van der Waals surface area contributed by atoms with Crippen molar-refractivity contribution in [2.75, 3.05) is 0 Å². The highest BCUT2D eigenvalue weighted by Crippen LogP contribution is 2.33. The molecule has 0 fully saturated rings. The molecule has 0 saturated heterocycles. The number of hydrogen-bond acceptors (Lipinski definition) is 1. The number of rotatable bonds is 4. The summed E-state index contributed by atoms with van der Waals surface area (Å²) in [7, 11) is 0. The van der Waals surface area contributed by atoms with E-state index in [1.165, 1.54) is 5.56 Å². The topological polar surface area (TPSA) is 23.8 Å². The van der Waals surface area contributed by atoms with Crippen LogP contribution in [-0.2, 0) is 6.42 Å². The average molecular weight is 290 g/mol. The Morgan fingerprint density at radius 2 is 1.58 bits per heavy atom. The van der Waals surface area contributed by atoms with Gasteiger partial charge < -0.3 is 0 Å². The molecule has 0 aromatic heterocycles. The predicted molar refractivity (Wildman–Crippen MR) is 79.6 cm³/mol. The molecule has 1 nitrogen and oxygen atoms in total.